The number of nitro groups is 1. The summed E-state index contributed by atoms with van der Waals surface area (Å²) in [4.78, 5) is 35.8. The molecule has 0 saturated heterocycles. The van der Waals surface area contributed by atoms with Crippen LogP contribution in [0.5, 0.6) is 0 Å². The second kappa shape index (κ2) is 9.16. The lowest BCUT2D eigenvalue weighted by Gasteiger charge is -2.10. The summed E-state index contributed by atoms with van der Waals surface area (Å²) < 4.78 is 0. The first-order valence-corrected chi connectivity index (χ1v) is 10.3. The van der Waals surface area contributed by atoms with E-state index in [9.17, 15) is 24.8 Å². The van der Waals surface area contributed by atoms with Crippen LogP contribution in [0.25, 0.3) is 0 Å². The Morgan fingerprint density at radius 2 is 1.55 bits per heavy atom. The number of hydrogen-bond acceptors (Lipinski definition) is 4. The van der Waals surface area contributed by atoms with Crippen LogP contribution in [0.3, 0.4) is 0 Å². The second-order valence-electron chi connectivity index (χ2n) is 6.29. The van der Waals surface area contributed by atoms with Crippen molar-refractivity contribution in [2.24, 2.45) is 0 Å². The molecular weight excluding hydrogens is 390 g/mol. The van der Waals surface area contributed by atoms with Crippen molar-refractivity contribution >= 4 is 28.3 Å². The highest BCUT2D eigenvalue weighted by molar-refractivity contribution is 7.96. The van der Waals surface area contributed by atoms with Gasteiger partial charge in [-0.3, -0.25) is 14.9 Å². The van der Waals surface area contributed by atoms with Crippen molar-refractivity contribution in [2.45, 2.75) is 10.6 Å². The van der Waals surface area contributed by atoms with Crippen LogP contribution in [0.4, 0.5) is 5.69 Å². The Morgan fingerprint density at radius 3 is 2.24 bits per heavy atom. The van der Waals surface area contributed by atoms with Crippen molar-refractivity contribution in [3.8, 4) is 0 Å². The van der Waals surface area contributed by atoms with Crippen molar-refractivity contribution in [3.63, 3.8) is 0 Å². The van der Waals surface area contributed by atoms with E-state index in [4.69, 9.17) is 0 Å². The Kier molecular flexibility index (Phi) is 6.41. The number of nitrogens with zero attached hydrogens (tertiary/aromatic N) is 1. The van der Waals surface area contributed by atoms with E-state index in [1.807, 2.05) is 6.07 Å². The smallest absolute Gasteiger partial charge is 0.335 e. The standard InChI is InChI=1S/C22H17NO5S/c24-21(16-7-2-1-3-8-16)15-29(19-11-6-10-17(13-19)22(25)26)14-18-9-4-5-12-20(18)23(27)28/h1-13H,14-15H2/p+1. The fraction of sp³-hybridized carbons (Fsp3) is 0.0909. The average molecular weight is 408 g/mol. The number of para-hydroxylation sites is 1. The molecular formula is C22H18NO5S+. The van der Waals surface area contributed by atoms with Crippen molar-refractivity contribution in [1.82, 2.24) is 0 Å². The van der Waals surface area contributed by atoms with Gasteiger partial charge in [-0.25, -0.2) is 4.79 Å². The maximum Gasteiger partial charge on any atom is 0.335 e. The molecule has 0 fully saturated rings. The van der Waals surface area contributed by atoms with Crippen molar-refractivity contribution < 1.29 is 19.6 Å². The molecule has 1 unspecified atom stereocenters. The molecule has 1 N–H and O–H groups in total. The molecule has 0 saturated carbocycles. The zero-order valence-corrected chi connectivity index (χ0v) is 16.2. The minimum atomic E-state index is -1.06. The first-order chi connectivity index (χ1) is 14.0. The summed E-state index contributed by atoms with van der Waals surface area (Å²) in [6, 6.07) is 21.7. The van der Waals surface area contributed by atoms with Crippen LogP contribution < -0.4 is 0 Å². The van der Waals surface area contributed by atoms with Crippen LogP contribution in [0.2, 0.25) is 0 Å². The van der Waals surface area contributed by atoms with Gasteiger partial charge in [-0.15, -0.1) is 0 Å². The van der Waals surface area contributed by atoms with E-state index in [0.29, 0.717) is 16.0 Å². The molecule has 146 valence electrons. The van der Waals surface area contributed by atoms with Gasteiger partial charge in [0.2, 0.25) is 5.78 Å². The number of nitro benzene ring substituents is 1. The SMILES string of the molecule is O=C(O)c1cccc([S+](CC(=O)c2ccccc2)Cc2ccccc2[N+](=O)[O-])c1. The number of aromatic carboxylic acids is 1. The highest BCUT2D eigenvalue weighted by Crippen LogP contribution is 2.26. The summed E-state index contributed by atoms with van der Waals surface area (Å²) >= 11 is 0. The van der Waals surface area contributed by atoms with Crippen molar-refractivity contribution in [1.29, 1.82) is 0 Å². The number of Topliss-reactive ketones (excluding diaryl/α,β-unsaturated/α-hetero) is 1. The molecule has 0 aliphatic carbocycles. The van der Waals surface area contributed by atoms with E-state index in [2.05, 4.69) is 0 Å². The van der Waals surface area contributed by atoms with Crippen LogP contribution in [0, 0.1) is 10.1 Å². The van der Waals surface area contributed by atoms with E-state index < -0.39 is 21.8 Å². The lowest BCUT2D eigenvalue weighted by molar-refractivity contribution is -0.385. The lowest BCUT2D eigenvalue weighted by Crippen LogP contribution is -2.20. The summed E-state index contributed by atoms with van der Waals surface area (Å²) in [5.41, 5.74) is 1.19. The van der Waals surface area contributed by atoms with Gasteiger partial charge in [0.15, 0.2) is 10.6 Å². The summed E-state index contributed by atoms with van der Waals surface area (Å²) in [6.45, 7) is 0. The van der Waals surface area contributed by atoms with Gasteiger partial charge in [0.05, 0.1) is 16.1 Å². The van der Waals surface area contributed by atoms with Gasteiger partial charge in [0, 0.05) is 28.6 Å². The molecule has 1 atom stereocenters. The maximum absolute atomic E-state index is 12.8. The Bertz CT molecular complexity index is 1050. The maximum atomic E-state index is 12.8. The van der Waals surface area contributed by atoms with Gasteiger partial charge in [0.25, 0.3) is 5.69 Å². The van der Waals surface area contributed by atoms with E-state index in [0.717, 1.165) is 0 Å². The van der Waals surface area contributed by atoms with E-state index in [1.54, 1.807) is 60.7 Å². The monoisotopic (exact) mass is 408 g/mol. The Morgan fingerprint density at radius 1 is 0.897 bits per heavy atom. The Balaban J connectivity index is 1.98. The van der Waals surface area contributed by atoms with Gasteiger partial charge in [-0.05, 0) is 18.2 Å². The molecule has 0 heterocycles. The summed E-state index contributed by atoms with van der Waals surface area (Å²) in [6.07, 6.45) is 0. The third kappa shape index (κ3) is 5.08. The molecule has 3 aromatic rings. The third-order valence-electron chi connectivity index (χ3n) is 4.33. The van der Waals surface area contributed by atoms with E-state index >= 15 is 0 Å². The largest absolute Gasteiger partial charge is 0.478 e. The molecule has 0 bridgehead atoms. The molecule has 7 heteroatoms. The van der Waals surface area contributed by atoms with Crippen molar-refractivity contribution in [2.75, 3.05) is 5.75 Å². The Labute approximate surface area is 170 Å². The number of ketones is 1. The summed E-state index contributed by atoms with van der Waals surface area (Å²) in [5, 5.41) is 20.7. The topological polar surface area (TPSA) is 97.5 Å². The fourth-order valence-corrected chi connectivity index (χ4v) is 4.99. The lowest BCUT2D eigenvalue weighted by atomic mass is 10.2. The number of carbonyl (C=O) groups is 2. The number of carboxylic acid groups (broad SMARTS) is 1. The highest BCUT2D eigenvalue weighted by Gasteiger charge is 2.30. The minimum absolute atomic E-state index is 0.00782. The molecule has 3 rings (SSSR count). The van der Waals surface area contributed by atoms with Gasteiger partial charge in [-0.1, -0.05) is 48.5 Å². The molecule has 0 aliphatic heterocycles. The first-order valence-electron chi connectivity index (χ1n) is 8.77. The number of hydrogen-bond donors (Lipinski definition) is 1. The molecule has 0 radical (unpaired) electrons. The predicted octanol–water partition coefficient (Wildman–Crippen LogP) is 4.35. The van der Waals surface area contributed by atoms with Gasteiger partial charge >= 0.3 is 5.97 Å². The molecule has 0 aliphatic rings. The van der Waals surface area contributed by atoms with Gasteiger partial charge < -0.3 is 5.11 Å². The van der Waals surface area contributed by atoms with E-state index in [-0.39, 0.29) is 28.5 Å². The second-order valence-corrected chi connectivity index (χ2v) is 8.32. The Hall–Kier alpha value is -3.45. The quantitative estimate of drug-likeness (QED) is 0.259. The molecule has 0 spiro atoms. The predicted molar refractivity (Wildman–Crippen MR) is 111 cm³/mol. The summed E-state index contributed by atoms with van der Waals surface area (Å²) in [5.74, 6) is -0.735. The molecule has 6 nitrogen and oxygen atoms in total. The van der Waals surface area contributed by atoms with Crippen LogP contribution >= 0.6 is 0 Å². The third-order valence-corrected chi connectivity index (χ3v) is 6.52. The van der Waals surface area contributed by atoms with Crippen LogP contribution in [0.1, 0.15) is 26.3 Å². The first kappa shape index (κ1) is 20.3. The summed E-state index contributed by atoms with van der Waals surface area (Å²) in [7, 11) is -0.740. The van der Waals surface area contributed by atoms with Crippen LogP contribution in [0.15, 0.2) is 83.8 Å². The zero-order valence-electron chi connectivity index (χ0n) is 15.4. The van der Waals surface area contributed by atoms with Crippen molar-refractivity contribution in [3.05, 3.63) is 106 Å². The van der Waals surface area contributed by atoms with Crippen LogP contribution in [-0.2, 0) is 16.6 Å². The van der Waals surface area contributed by atoms with Crippen LogP contribution in [-0.4, -0.2) is 27.5 Å². The zero-order chi connectivity index (χ0) is 20.8. The minimum Gasteiger partial charge on any atom is -0.478 e. The average Bonchev–Trinajstić information content (AvgIpc) is 2.74. The fourth-order valence-electron chi connectivity index (χ4n) is 2.89. The normalized spacial score (nSPS) is 11.6. The number of benzene rings is 3. The number of rotatable bonds is 8. The molecule has 29 heavy (non-hydrogen) atoms. The highest BCUT2D eigenvalue weighted by atomic mass is 32.2. The number of carbonyl (C=O) groups excluding carboxylic acids is 1. The molecule has 0 aromatic heterocycles. The van der Waals surface area contributed by atoms with Gasteiger partial charge in [0.1, 0.15) is 5.75 Å². The van der Waals surface area contributed by atoms with Gasteiger partial charge in [-0.2, -0.15) is 0 Å². The molecule has 0 amide bonds. The number of carboxylic acids is 1. The molecule has 3 aromatic carbocycles. The van der Waals surface area contributed by atoms with E-state index in [1.165, 1.54) is 12.1 Å².